The number of anilines is 2. The van der Waals surface area contributed by atoms with Crippen molar-refractivity contribution in [2.45, 2.75) is 18.9 Å². The van der Waals surface area contributed by atoms with Crippen LogP contribution in [0, 0.1) is 0 Å². The van der Waals surface area contributed by atoms with Crippen molar-refractivity contribution in [3.05, 3.63) is 17.3 Å². The topological polar surface area (TPSA) is 45.4 Å². The molecule has 1 aliphatic heterocycles. The zero-order valence-corrected chi connectivity index (χ0v) is 11.1. The number of nitrogens with zero attached hydrogens (tertiary/aromatic N) is 3. The second-order valence-corrected chi connectivity index (χ2v) is 5.22. The van der Waals surface area contributed by atoms with E-state index in [1.54, 1.807) is 6.07 Å². The third-order valence-electron chi connectivity index (χ3n) is 3.05. The number of hydrogen-bond acceptors (Lipinski definition) is 4. The average Bonchev–Trinajstić information content (AvgIpc) is 2.63. The number of rotatable bonds is 3. The molecule has 4 nitrogen and oxygen atoms in total. The molecule has 1 aromatic rings. The van der Waals surface area contributed by atoms with Crippen molar-refractivity contribution < 1.29 is 0 Å². The summed E-state index contributed by atoms with van der Waals surface area (Å²) in [5.41, 5.74) is 6.49. The van der Waals surface area contributed by atoms with Gasteiger partial charge in [-0.15, -0.1) is 0 Å². The predicted octanol–water partition coefficient (Wildman–Crippen LogP) is 1.85. The molecule has 94 valence electrons. The fourth-order valence-electron chi connectivity index (χ4n) is 2.40. The van der Waals surface area contributed by atoms with E-state index in [2.05, 4.69) is 28.9 Å². The first kappa shape index (κ1) is 12.5. The number of pyridine rings is 1. The van der Waals surface area contributed by atoms with Crippen molar-refractivity contribution in [3.8, 4) is 0 Å². The zero-order chi connectivity index (χ0) is 12.4. The molecule has 1 atom stereocenters. The van der Waals surface area contributed by atoms with Crippen LogP contribution in [0.2, 0.25) is 5.15 Å². The van der Waals surface area contributed by atoms with E-state index in [1.165, 1.54) is 12.8 Å². The number of nitrogens with two attached hydrogens (primary N) is 1. The maximum atomic E-state index is 5.95. The fraction of sp³-hybridized carbons (Fsp3) is 0.583. The molecule has 1 saturated heterocycles. The van der Waals surface area contributed by atoms with Crippen molar-refractivity contribution in [1.82, 2.24) is 9.88 Å². The van der Waals surface area contributed by atoms with Crippen LogP contribution in [0.3, 0.4) is 0 Å². The molecular weight excluding hydrogens is 236 g/mol. The third kappa shape index (κ3) is 3.01. The van der Waals surface area contributed by atoms with Gasteiger partial charge in [0.15, 0.2) is 0 Å². The van der Waals surface area contributed by atoms with E-state index in [-0.39, 0.29) is 0 Å². The van der Waals surface area contributed by atoms with Crippen molar-refractivity contribution in [3.63, 3.8) is 0 Å². The molecule has 0 bridgehead atoms. The summed E-state index contributed by atoms with van der Waals surface area (Å²) in [4.78, 5) is 8.88. The summed E-state index contributed by atoms with van der Waals surface area (Å²) in [6.45, 7) is 2.07. The monoisotopic (exact) mass is 254 g/mol. The number of hydrogen-bond donors (Lipinski definition) is 1. The largest absolute Gasteiger partial charge is 0.399 e. The molecule has 2 heterocycles. The van der Waals surface area contributed by atoms with Gasteiger partial charge in [-0.3, -0.25) is 0 Å². The van der Waals surface area contributed by atoms with Crippen LogP contribution in [0.5, 0.6) is 0 Å². The van der Waals surface area contributed by atoms with Crippen LogP contribution in [0.15, 0.2) is 12.1 Å². The van der Waals surface area contributed by atoms with Crippen molar-refractivity contribution in [1.29, 1.82) is 0 Å². The summed E-state index contributed by atoms with van der Waals surface area (Å²) in [7, 11) is 4.19. The van der Waals surface area contributed by atoms with Crippen molar-refractivity contribution >= 4 is 23.1 Å². The van der Waals surface area contributed by atoms with Gasteiger partial charge in [0.1, 0.15) is 11.0 Å². The quantitative estimate of drug-likeness (QED) is 0.837. The second-order valence-electron chi connectivity index (χ2n) is 4.83. The molecule has 1 aliphatic rings. The lowest BCUT2D eigenvalue weighted by Gasteiger charge is -2.28. The molecule has 0 saturated carbocycles. The highest BCUT2D eigenvalue weighted by Crippen LogP contribution is 2.27. The zero-order valence-electron chi connectivity index (χ0n) is 10.4. The Labute approximate surface area is 107 Å². The maximum Gasteiger partial charge on any atom is 0.133 e. The van der Waals surface area contributed by atoms with Gasteiger partial charge in [0.05, 0.1) is 0 Å². The van der Waals surface area contributed by atoms with E-state index in [4.69, 9.17) is 17.3 Å². The van der Waals surface area contributed by atoms with Crippen LogP contribution < -0.4 is 10.6 Å². The lowest BCUT2D eigenvalue weighted by Crippen LogP contribution is -2.38. The van der Waals surface area contributed by atoms with E-state index in [0.29, 0.717) is 16.9 Å². The average molecular weight is 255 g/mol. The van der Waals surface area contributed by atoms with Gasteiger partial charge in [0, 0.05) is 30.9 Å². The minimum atomic E-state index is 0.468. The summed E-state index contributed by atoms with van der Waals surface area (Å²) < 4.78 is 0. The second kappa shape index (κ2) is 5.10. The summed E-state index contributed by atoms with van der Waals surface area (Å²) in [5.74, 6) is 0.902. The third-order valence-corrected chi connectivity index (χ3v) is 3.24. The van der Waals surface area contributed by atoms with Gasteiger partial charge in [0.25, 0.3) is 0 Å². The number of likely N-dealkylation sites (N-methyl/N-ethyl adjacent to an activating group) is 1. The predicted molar refractivity (Wildman–Crippen MR) is 72.6 cm³/mol. The Bertz CT molecular complexity index is 374. The molecule has 0 aromatic carbocycles. The maximum absolute atomic E-state index is 5.95. The Morgan fingerprint density at radius 2 is 2.29 bits per heavy atom. The van der Waals surface area contributed by atoms with Crippen LogP contribution in [0.25, 0.3) is 0 Å². The molecule has 1 aromatic heterocycles. The van der Waals surface area contributed by atoms with Gasteiger partial charge in [0.2, 0.25) is 0 Å². The Morgan fingerprint density at radius 3 is 2.94 bits per heavy atom. The first-order valence-electron chi connectivity index (χ1n) is 5.90. The summed E-state index contributed by atoms with van der Waals surface area (Å²) in [6, 6.07) is 4.09. The molecule has 1 fully saturated rings. The van der Waals surface area contributed by atoms with Crippen molar-refractivity contribution in [2.24, 2.45) is 0 Å². The van der Waals surface area contributed by atoms with E-state index in [0.717, 1.165) is 18.9 Å². The van der Waals surface area contributed by atoms with Gasteiger partial charge in [-0.25, -0.2) is 4.98 Å². The van der Waals surface area contributed by atoms with Crippen LogP contribution in [-0.4, -0.2) is 43.1 Å². The molecule has 0 aliphatic carbocycles. The molecule has 17 heavy (non-hydrogen) atoms. The Balaban J connectivity index is 2.19. The van der Waals surface area contributed by atoms with E-state index in [9.17, 15) is 0 Å². The molecule has 2 rings (SSSR count). The fourth-order valence-corrected chi connectivity index (χ4v) is 2.61. The van der Waals surface area contributed by atoms with Crippen LogP contribution in [-0.2, 0) is 0 Å². The normalized spacial score (nSPS) is 20.2. The Kier molecular flexibility index (Phi) is 3.74. The van der Waals surface area contributed by atoms with E-state index in [1.807, 2.05) is 6.07 Å². The summed E-state index contributed by atoms with van der Waals surface area (Å²) in [5, 5.41) is 0.468. The van der Waals surface area contributed by atoms with Crippen LogP contribution >= 0.6 is 11.6 Å². The van der Waals surface area contributed by atoms with E-state index < -0.39 is 0 Å². The standard InChI is InChI=1S/C12H19ClN4/c1-16(2)8-10-4-3-5-17(10)12-7-9(14)6-11(13)15-12/h6-7,10H,3-5,8H2,1-2H3,(H2,14,15). The van der Waals surface area contributed by atoms with Crippen LogP contribution in [0.1, 0.15) is 12.8 Å². The minimum Gasteiger partial charge on any atom is -0.399 e. The highest BCUT2D eigenvalue weighted by molar-refractivity contribution is 6.29. The van der Waals surface area contributed by atoms with Gasteiger partial charge >= 0.3 is 0 Å². The number of nitrogen functional groups attached to an aromatic ring is 1. The smallest absolute Gasteiger partial charge is 0.133 e. The number of halogens is 1. The lowest BCUT2D eigenvalue weighted by molar-refractivity contribution is 0.371. The first-order valence-corrected chi connectivity index (χ1v) is 6.28. The molecule has 0 radical (unpaired) electrons. The molecule has 1 unspecified atom stereocenters. The molecular formula is C12H19ClN4. The van der Waals surface area contributed by atoms with Gasteiger partial charge in [-0.2, -0.15) is 0 Å². The highest BCUT2D eigenvalue weighted by atomic mass is 35.5. The summed E-state index contributed by atoms with van der Waals surface area (Å²) >= 11 is 5.95. The Hall–Kier alpha value is -1.00. The molecule has 0 spiro atoms. The molecule has 2 N–H and O–H groups in total. The molecule has 5 heteroatoms. The molecule has 0 amide bonds. The SMILES string of the molecule is CN(C)CC1CCCN1c1cc(N)cc(Cl)n1. The van der Waals surface area contributed by atoms with Crippen LogP contribution in [0.4, 0.5) is 11.5 Å². The van der Waals surface area contributed by atoms with Gasteiger partial charge < -0.3 is 15.5 Å². The van der Waals surface area contributed by atoms with Gasteiger partial charge in [-0.1, -0.05) is 11.6 Å². The van der Waals surface area contributed by atoms with E-state index >= 15 is 0 Å². The number of aromatic nitrogens is 1. The minimum absolute atomic E-state index is 0.468. The summed E-state index contributed by atoms with van der Waals surface area (Å²) in [6.07, 6.45) is 2.40. The highest BCUT2D eigenvalue weighted by Gasteiger charge is 2.26. The Morgan fingerprint density at radius 1 is 1.53 bits per heavy atom. The lowest BCUT2D eigenvalue weighted by atomic mass is 10.2. The first-order chi connectivity index (χ1) is 8.06. The van der Waals surface area contributed by atoms with Crippen molar-refractivity contribution in [2.75, 3.05) is 37.8 Å². The van der Waals surface area contributed by atoms with Gasteiger partial charge in [-0.05, 0) is 33.0 Å².